The summed E-state index contributed by atoms with van der Waals surface area (Å²) < 4.78 is 10.6. The van der Waals surface area contributed by atoms with Crippen molar-refractivity contribution in [3.05, 3.63) is 41.2 Å². The predicted octanol–water partition coefficient (Wildman–Crippen LogP) is 3.47. The van der Waals surface area contributed by atoms with Crippen LogP contribution in [0.1, 0.15) is 24.2 Å². The summed E-state index contributed by atoms with van der Waals surface area (Å²) in [4.78, 5) is 16.2. The zero-order valence-corrected chi connectivity index (χ0v) is 12.2. The van der Waals surface area contributed by atoms with Crippen LogP contribution in [0.2, 0.25) is 5.15 Å². The first-order valence-electron chi connectivity index (χ1n) is 6.45. The SMILES string of the molecule is CCOCC(C)OC(=O)c1cnc(Cl)c2ccccc12. The van der Waals surface area contributed by atoms with Crippen LogP contribution in [-0.4, -0.2) is 30.3 Å². The second-order valence-electron chi connectivity index (χ2n) is 4.38. The van der Waals surface area contributed by atoms with Crippen LogP contribution in [-0.2, 0) is 9.47 Å². The van der Waals surface area contributed by atoms with Gasteiger partial charge in [0.2, 0.25) is 0 Å². The van der Waals surface area contributed by atoms with Gasteiger partial charge in [-0.05, 0) is 13.8 Å². The normalized spacial score (nSPS) is 12.3. The molecule has 2 rings (SSSR count). The summed E-state index contributed by atoms with van der Waals surface area (Å²) in [6.07, 6.45) is 1.14. The lowest BCUT2D eigenvalue weighted by atomic mass is 10.1. The lowest BCUT2D eigenvalue weighted by Crippen LogP contribution is -2.20. The molecule has 1 aromatic heterocycles. The number of carbonyl (C=O) groups excluding carboxylic acids is 1. The molecule has 0 saturated heterocycles. The van der Waals surface area contributed by atoms with Gasteiger partial charge in [-0.2, -0.15) is 0 Å². The summed E-state index contributed by atoms with van der Waals surface area (Å²) in [6.45, 7) is 4.65. The van der Waals surface area contributed by atoms with Crippen molar-refractivity contribution in [3.63, 3.8) is 0 Å². The molecule has 4 nitrogen and oxygen atoms in total. The molecule has 5 heteroatoms. The number of halogens is 1. The molecule has 20 heavy (non-hydrogen) atoms. The summed E-state index contributed by atoms with van der Waals surface area (Å²) in [7, 11) is 0. The van der Waals surface area contributed by atoms with Gasteiger partial charge in [-0.1, -0.05) is 35.9 Å². The zero-order chi connectivity index (χ0) is 14.5. The molecule has 1 heterocycles. The lowest BCUT2D eigenvalue weighted by Gasteiger charge is -2.14. The first kappa shape index (κ1) is 14.8. The summed E-state index contributed by atoms with van der Waals surface area (Å²) in [5.74, 6) is -0.419. The van der Waals surface area contributed by atoms with Crippen LogP contribution >= 0.6 is 11.6 Å². The molecule has 106 valence electrons. The molecule has 0 bridgehead atoms. The van der Waals surface area contributed by atoms with Gasteiger partial charge in [0.15, 0.2) is 0 Å². The van der Waals surface area contributed by atoms with E-state index < -0.39 is 5.97 Å². The van der Waals surface area contributed by atoms with Crippen LogP contribution in [0.4, 0.5) is 0 Å². The summed E-state index contributed by atoms with van der Waals surface area (Å²) in [5.41, 5.74) is 0.411. The fourth-order valence-electron chi connectivity index (χ4n) is 1.88. The number of ether oxygens (including phenoxy) is 2. The van der Waals surface area contributed by atoms with E-state index in [4.69, 9.17) is 21.1 Å². The topological polar surface area (TPSA) is 48.4 Å². The first-order valence-corrected chi connectivity index (χ1v) is 6.83. The quantitative estimate of drug-likeness (QED) is 0.625. The zero-order valence-electron chi connectivity index (χ0n) is 11.4. The van der Waals surface area contributed by atoms with Crippen molar-refractivity contribution in [1.29, 1.82) is 0 Å². The molecule has 2 aromatic rings. The van der Waals surface area contributed by atoms with Gasteiger partial charge >= 0.3 is 5.97 Å². The van der Waals surface area contributed by atoms with Crippen molar-refractivity contribution in [3.8, 4) is 0 Å². The number of fused-ring (bicyclic) bond motifs is 1. The van der Waals surface area contributed by atoms with Crippen LogP contribution < -0.4 is 0 Å². The van der Waals surface area contributed by atoms with Gasteiger partial charge in [0, 0.05) is 23.6 Å². The largest absolute Gasteiger partial charge is 0.457 e. The van der Waals surface area contributed by atoms with Crippen molar-refractivity contribution < 1.29 is 14.3 Å². The Morgan fingerprint density at radius 2 is 2.05 bits per heavy atom. The molecule has 1 atom stereocenters. The van der Waals surface area contributed by atoms with E-state index in [1.807, 2.05) is 31.2 Å². The molecule has 0 amide bonds. The summed E-state index contributed by atoms with van der Waals surface area (Å²) in [5, 5.41) is 1.85. The molecule has 1 aromatic carbocycles. The average Bonchev–Trinajstić information content (AvgIpc) is 2.45. The van der Waals surface area contributed by atoms with Gasteiger partial charge in [0.25, 0.3) is 0 Å². The van der Waals surface area contributed by atoms with E-state index >= 15 is 0 Å². The third-order valence-electron chi connectivity index (χ3n) is 2.83. The fourth-order valence-corrected chi connectivity index (χ4v) is 2.10. The maximum Gasteiger partial charge on any atom is 0.340 e. The monoisotopic (exact) mass is 293 g/mol. The van der Waals surface area contributed by atoms with Crippen molar-refractivity contribution in [2.24, 2.45) is 0 Å². The maximum absolute atomic E-state index is 12.2. The number of carbonyl (C=O) groups is 1. The second kappa shape index (κ2) is 6.68. The van der Waals surface area contributed by atoms with E-state index in [0.29, 0.717) is 23.9 Å². The number of hydrogen-bond donors (Lipinski definition) is 0. The van der Waals surface area contributed by atoms with Crippen LogP contribution in [0.3, 0.4) is 0 Å². The van der Waals surface area contributed by atoms with Crippen LogP contribution in [0.5, 0.6) is 0 Å². The standard InChI is InChI=1S/C15H16ClNO3/c1-3-19-9-10(2)20-15(18)13-8-17-14(16)12-7-5-4-6-11(12)13/h4-8,10H,3,9H2,1-2H3. The minimum atomic E-state index is -0.419. The van der Waals surface area contributed by atoms with E-state index in [2.05, 4.69) is 4.98 Å². The second-order valence-corrected chi connectivity index (χ2v) is 4.74. The molecule has 0 radical (unpaired) electrons. The molecular formula is C15H16ClNO3. The molecule has 0 aliphatic heterocycles. The Bertz CT molecular complexity index is 615. The number of pyridine rings is 1. The van der Waals surface area contributed by atoms with E-state index in [0.717, 1.165) is 10.8 Å². The number of rotatable bonds is 5. The number of aromatic nitrogens is 1. The van der Waals surface area contributed by atoms with E-state index in [-0.39, 0.29) is 6.10 Å². The third kappa shape index (κ3) is 3.26. The Morgan fingerprint density at radius 1 is 1.35 bits per heavy atom. The number of nitrogens with zero attached hydrogens (tertiary/aromatic N) is 1. The fraction of sp³-hybridized carbons (Fsp3) is 0.333. The minimum Gasteiger partial charge on any atom is -0.457 e. The first-order chi connectivity index (χ1) is 9.63. The van der Waals surface area contributed by atoms with E-state index in [1.54, 1.807) is 6.92 Å². The molecular weight excluding hydrogens is 278 g/mol. The van der Waals surface area contributed by atoms with Gasteiger partial charge in [-0.3, -0.25) is 0 Å². The van der Waals surface area contributed by atoms with Crippen LogP contribution in [0.25, 0.3) is 10.8 Å². The Hall–Kier alpha value is -1.65. The van der Waals surface area contributed by atoms with Crippen molar-refractivity contribution in [2.75, 3.05) is 13.2 Å². The molecule has 1 unspecified atom stereocenters. The number of benzene rings is 1. The molecule has 0 fully saturated rings. The third-order valence-corrected chi connectivity index (χ3v) is 3.13. The number of esters is 1. The van der Waals surface area contributed by atoms with Crippen molar-refractivity contribution in [1.82, 2.24) is 4.98 Å². The van der Waals surface area contributed by atoms with E-state index in [9.17, 15) is 4.79 Å². The van der Waals surface area contributed by atoms with Gasteiger partial charge in [-0.15, -0.1) is 0 Å². The van der Waals surface area contributed by atoms with Crippen LogP contribution in [0.15, 0.2) is 30.5 Å². The maximum atomic E-state index is 12.2. The van der Waals surface area contributed by atoms with Gasteiger partial charge in [0.05, 0.1) is 12.2 Å². The molecule has 0 aliphatic rings. The Balaban J connectivity index is 2.24. The van der Waals surface area contributed by atoms with Gasteiger partial charge < -0.3 is 9.47 Å². The molecule has 0 saturated carbocycles. The summed E-state index contributed by atoms with van der Waals surface area (Å²) >= 11 is 6.02. The Labute approximate surface area is 122 Å². The Morgan fingerprint density at radius 3 is 2.75 bits per heavy atom. The predicted molar refractivity (Wildman–Crippen MR) is 78.1 cm³/mol. The van der Waals surface area contributed by atoms with Crippen molar-refractivity contribution >= 4 is 28.3 Å². The van der Waals surface area contributed by atoms with Gasteiger partial charge in [0.1, 0.15) is 11.3 Å². The van der Waals surface area contributed by atoms with Crippen LogP contribution in [0, 0.1) is 0 Å². The number of hydrogen-bond acceptors (Lipinski definition) is 4. The highest BCUT2D eigenvalue weighted by Crippen LogP contribution is 2.24. The summed E-state index contributed by atoms with van der Waals surface area (Å²) in [6, 6.07) is 7.35. The molecule has 0 N–H and O–H groups in total. The Kier molecular flexibility index (Phi) is 4.93. The average molecular weight is 294 g/mol. The highest BCUT2D eigenvalue weighted by atomic mass is 35.5. The molecule has 0 aliphatic carbocycles. The van der Waals surface area contributed by atoms with Gasteiger partial charge in [-0.25, -0.2) is 9.78 Å². The highest BCUT2D eigenvalue weighted by molar-refractivity contribution is 6.34. The highest BCUT2D eigenvalue weighted by Gasteiger charge is 2.16. The smallest absolute Gasteiger partial charge is 0.340 e. The molecule has 0 spiro atoms. The van der Waals surface area contributed by atoms with E-state index in [1.165, 1.54) is 6.20 Å². The lowest BCUT2D eigenvalue weighted by molar-refractivity contribution is 0.00454. The van der Waals surface area contributed by atoms with Crippen molar-refractivity contribution in [2.45, 2.75) is 20.0 Å². The minimum absolute atomic E-state index is 0.308.